The number of nitrogens with zero attached hydrogens (tertiary/aromatic N) is 1. The maximum absolute atomic E-state index is 10.8. The maximum atomic E-state index is 10.8. The first-order chi connectivity index (χ1) is 10.9. The Labute approximate surface area is 141 Å². The van der Waals surface area contributed by atoms with E-state index in [0.717, 1.165) is 17.1 Å². The van der Waals surface area contributed by atoms with Crippen molar-refractivity contribution in [2.75, 3.05) is 38.2 Å². The van der Waals surface area contributed by atoms with E-state index in [0.29, 0.717) is 0 Å². The molecule has 1 amide bonds. The summed E-state index contributed by atoms with van der Waals surface area (Å²) in [5.74, 6) is -1.59. The quantitative estimate of drug-likeness (QED) is 0.260. The summed E-state index contributed by atoms with van der Waals surface area (Å²) in [6, 6.07) is 0. The molecule has 0 spiro atoms. The fourth-order valence-corrected chi connectivity index (χ4v) is 2.14. The van der Waals surface area contributed by atoms with E-state index < -0.39 is 38.4 Å². The zero-order valence-electron chi connectivity index (χ0n) is 13.3. The molecule has 0 saturated heterocycles. The lowest BCUT2D eigenvalue weighted by Gasteiger charge is -2.12. The number of rotatable bonds is 10. The van der Waals surface area contributed by atoms with Crippen LogP contribution in [0.3, 0.4) is 0 Å². The molecule has 0 aliphatic heterocycles. The van der Waals surface area contributed by atoms with Crippen LogP contribution in [-0.2, 0) is 34.0 Å². The zero-order valence-corrected chi connectivity index (χ0v) is 14.9. The molecule has 0 aromatic heterocycles. The highest BCUT2D eigenvalue weighted by molar-refractivity contribution is 7.86. The summed E-state index contributed by atoms with van der Waals surface area (Å²) in [6.07, 6.45) is 2.07. The molecular weight excluding hydrogens is 364 g/mol. The number of hydrogen-bond acceptors (Lipinski definition) is 8. The lowest BCUT2D eigenvalue weighted by Crippen LogP contribution is -2.29. The molecule has 0 atom stereocenters. The molecule has 0 unspecified atom stereocenters. The Bertz CT molecular complexity index is 640. The Morgan fingerprint density at radius 3 is 2.08 bits per heavy atom. The van der Waals surface area contributed by atoms with Gasteiger partial charge in [-0.3, -0.25) is 18.3 Å². The molecule has 0 fully saturated rings. The molecule has 0 aliphatic rings. The standard InChI is InChI=1S/2C6H11NO4S/c1-3-6(8)7(2)4-5-12(9,10)11;1-2-6(8)5-11-12(9,10)4-3-7/h3H,1,4-5H2,2H3,(H,9,10,11);2H,1,3-5,7H2. The maximum Gasteiger partial charge on any atom is 0.268 e. The van der Waals surface area contributed by atoms with Crippen molar-refractivity contribution in [3.05, 3.63) is 25.3 Å². The Kier molecular flexibility index (Phi) is 12.2. The Morgan fingerprint density at radius 1 is 1.17 bits per heavy atom. The molecule has 10 nitrogen and oxygen atoms in total. The first-order valence-corrected chi connectivity index (χ1v) is 9.62. The van der Waals surface area contributed by atoms with Gasteiger partial charge >= 0.3 is 0 Å². The molecule has 12 heteroatoms. The van der Waals surface area contributed by atoms with Crippen molar-refractivity contribution < 1.29 is 35.2 Å². The lowest BCUT2D eigenvalue weighted by molar-refractivity contribution is -0.124. The molecule has 0 heterocycles. The number of carbonyl (C=O) groups excluding carboxylic acids is 2. The number of carbonyl (C=O) groups is 2. The molecule has 3 N–H and O–H groups in total. The van der Waals surface area contributed by atoms with Gasteiger partial charge in [-0.15, -0.1) is 0 Å². The summed E-state index contributed by atoms with van der Waals surface area (Å²) in [4.78, 5) is 22.4. The smallest absolute Gasteiger partial charge is 0.268 e. The molecule has 140 valence electrons. The molecule has 0 aliphatic carbocycles. The highest BCUT2D eigenvalue weighted by atomic mass is 32.2. The van der Waals surface area contributed by atoms with Gasteiger partial charge in [0.2, 0.25) is 5.91 Å². The second-order valence-corrected chi connectivity index (χ2v) is 7.56. The molecule has 0 rings (SSSR count). The van der Waals surface area contributed by atoms with Crippen LogP contribution in [-0.4, -0.2) is 76.2 Å². The molecular formula is C12H22N2O8S2. The van der Waals surface area contributed by atoms with E-state index in [1.165, 1.54) is 7.05 Å². The van der Waals surface area contributed by atoms with Crippen LogP contribution >= 0.6 is 0 Å². The summed E-state index contributed by atoms with van der Waals surface area (Å²) >= 11 is 0. The van der Waals surface area contributed by atoms with Crippen molar-refractivity contribution in [1.29, 1.82) is 0 Å². The number of likely N-dealkylation sites (N-methyl/N-ethyl adjacent to an activating group) is 1. The number of ketones is 1. The number of amides is 1. The largest absolute Gasteiger partial charge is 0.341 e. The first kappa shape index (κ1) is 24.6. The molecule has 24 heavy (non-hydrogen) atoms. The minimum atomic E-state index is -3.99. The van der Waals surface area contributed by atoms with E-state index in [9.17, 15) is 26.4 Å². The molecule has 0 saturated carbocycles. The zero-order chi connectivity index (χ0) is 19.4. The van der Waals surface area contributed by atoms with Gasteiger partial charge in [0, 0.05) is 20.1 Å². The second kappa shape index (κ2) is 11.9. The topological polar surface area (TPSA) is 161 Å². The molecule has 0 aromatic rings. The summed E-state index contributed by atoms with van der Waals surface area (Å²) in [6.45, 7) is 5.83. The van der Waals surface area contributed by atoms with Gasteiger partial charge in [0.1, 0.15) is 6.61 Å². The summed E-state index contributed by atoms with van der Waals surface area (Å²) in [7, 11) is -6.19. The van der Waals surface area contributed by atoms with Crippen LogP contribution in [0.25, 0.3) is 0 Å². The minimum Gasteiger partial charge on any atom is -0.341 e. The van der Waals surface area contributed by atoms with Gasteiger partial charge in [-0.05, 0) is 12.2 Å². The summed E-state index contributed by atoms with van der Waals surface area (Å²) in [5.41, 5.74) is 4.99. The highest BCUT2D eigenvalue weighted by Crippen LogP contribution is 1.92. The molecule has 0 aromatic carbocycles. The van der Waals surface area contributed by atoms with Crippen LogP contribution in [0.15, 0.2) is 25.3 Å². The van der Waals surface area contributed by atoms with E-state index in [-0.39, 0.29) is 24.7 Å². The predicted molar refractivity (Wildman–Crippen MR) is 88.2 cm³/mol. The van der Waals surface area contributed by atoms with Crippen molar-refractivity contribution in [1.82, 2.24) is 4.90 Å². The normalized spacial score (nSPS) is 11.0. The van der Waals surface area contributed by atoms with Crippen LogP contribution in [0.5, 0.6) is 0 Å². The Balaban J connectivity index is 0. The lowest BCUT2D eigenvalue weighted by atomic mass is 10.4. The van der Waals surface area contributed by atoms with Gasteiger partial charge in [0.15, 0.2) is 5.78 Å². The van der Waals surface area contributed by atoms with Crippen molar-refractivity contribution in [2.45, 2.75) is 0 Å². The van der Waals surface area contributed by atoms with E-state index in [1.54, 1.807) is 0 Å². The third kappa shape index (κ3) is 15.3. The van der Waals surface area contributed by atoms with E-state index >= 15 is 0 Å². The Morgan fingerprint density at radius 2 is 1.71 bits per heavy atom. The van der Waals surface area contributed by atoms with Crippen LogP contribution in [0, 0.1) is 0 Å². The number of hydrogen-bond donors (Lipinski definition) is 2. The van der Waals surface area contributed by atoms with E-state index in [1.807, 2.05) is 0 Å². The third-order valence-electron chi connectivity index (χ3n) is 2.21. The highest BCUT2D eigenvalue weighted by Gasteiger charge is 2.11. The van der Waals surface area contributed by atoms with Crippen molar-refractivity contribution in [2.24, 2.45) is 5.73 Å². The van der Waals surface area contributed by atoms with Gasteiger partial charge in [0.25, 0.3) is 20.2 Å². The van der Waals surface area contributed by atoms with Gasteiger partial charge in [-0.25, -0.2) is 0 Å². The SMILES string of the molecule is C=CC(=O)COS(=O)(=O)CCN.C=CC(=O)N(C)CCS(=O)(=O)O. The average molecular weight is 386 g/mol. The van der Waals surface area contributed by atoms with Gasteiger partial charge < -0.3 is 10.6 Å². The predicted octanol–water partition coefficient (Wildman–Crippen LogP) is -1.43. The monoisotopic (exact) mass is 386 g/mol. The van der Waals surface area contributed by atoms with E-state index in [4.69, 9.17) is 10.3 Å². The second-order valence-electron chi connectivity index (χ2n) is 4.23. The van der Waals surface area contributed by atoms with Gasteiger partial charge in [-0.2, -0.15) is 16.8 Å². The van der Waals surface area contributed by atoms with Crippen molar-refractivity contribution >= 4 is 31.9 Å². The third-order valence-corrected chi connectivity index (χ3v) is 4.12. The van der Waals surface area contributed by atoms with Crippen molar-refractivity contribution in [3.63, 3.8) is 0 Å². The molecule has 0 bridgehead atoms. The van der Waals surface area contributed by atoms with Crippen LogP contribution in [0.2, 0.25) is 0 Å². The minimum absolute atomic E-state index is 0.0232. The van der Waals surface area contributed by atoms with Gasteiger partial charge in [-0.1, -0.05) is 13.2 Å². The fourth-order valence-electron chi connectivity index (χ4n) is 0.928. The average Bonchev–Trinajstić information content (AvgIpc) is 2.49. The van der Waals surface area contributed by atoms with Crippen LogP contribution in [0.1, 0.15) is 0 Å². The number of nitrogens with two attached hydrogens (primary N) is 1. The first-order valence-electron chi connectivity index (χ1n) is 6.43. The van der Waals surface area contributed by atoms with Crippen molar-refractivity contribution in [3.8, 4) is 0 Å². The van der Waals surface area contributed by atoms with Crippen LogP contribution in [0.4, 0.5) is 0 Å². The van der Waals surface area contributed by atoms with Gasteiger partial charge in [0.05, 0.1) is 11.5 Å². The summed E-state index contributed by atoms with van der Waals surface area (Å²) < 4.78 is 54.6. The van der Waals surface area contributed by atoms with E-state index in [2.05, 4.69) is 17.3 Å². The van der Waals surface area contributed by atoms with Crippen LogP contribution < -0.4 is 5.73 Å². The summed E-state index contributed by atoms with van der Waals surface area (Å²) in [5, 5.41) is 0. The Hall–Kier alpha value is -1.60. The molecule has 0 radical (unpaired) electrons. The fraction of sp³-hybridized carbons (Fsp3) is 0.500.